The van der Waals surface area contributed by atoms with E-state index in [1.54, 1.807) is 24.3 Å². The van der Waals surface area contributed by atoms with E-state index in [1.165, 1.54) is 21.9 Å². The summed E-state index contributed by atoms with van der Waals surface area (Å²) in [7, 11) is -3.68. The molecule has 0 saturated carbocycles. The Kier molecular flexibility index (Phi) is 7.26. The van der Waals surface area contributed by atoms with Gasteiger partial charge in [0.15, 0.2) is 0 Å². The van der Waals surface area contributed by atoms with Crippen molar-refractivity contribution in [2.75, 3.05) is 17.2 Å². The van der Waals surface area contributed by atoms with Crippen LogP contribution in [0.2, 0.25) is 0 Å². The maximum absolute atomic E-state index is 13.2. The van der Waals surface area contributed by atoms with Crippen molar-refractivity contribution in [1.29, 1.82) is 0 Å². The van der Waals surface area contributed by atoms with Crippen molar-refractivity contribution in [3.63, 3.8) is 0 Å². The third-order valence-corrected chi connectivity index (χ3v) is 6.89. The van der Waals surface area contributed by atoms with E-state index in [1.807, 2.05) is 20.8 Å². The van der Waals surface area contributed by atoms with E-state index >= 15 is 0 Å². The predicted molar refractivity (Wildman–Crippen MR) is 124 cm³/mol. The zero-order valence-corrected chi connectivity index (χ0v) is 19.5. The molecule has 2 atom stereocenters. The Morgan fingerprint density at radius 2 is 1.77 bits per heavy atom. The average Bonchev–Trinajstić information content (AvgIpc) is 3.19. The third-order valence-electron chi connectivity index (χ3n) is 5.71. The van der Waals surface area contributed by atoms with E-state index in [2.05, 4.69) is 23.5 Å². The Balaban J connectivity index is 1.81. The van der Waals surface area contributed by atoms with Crippen LogP contribution in [0.4, 0.5) is 5.69 Å². The highest BCUT2D eigenvalue weighted by Crippen LogP contribution is 2.27. The van der Waals surface area contributed by atoms with Crippen LogP contribution in [0.25, 0.3) is 0 Å². The summed E-state index contributed by atoms with van der Waals surface area (Å²) in [5.74, 6) is 0.345. The highest BCUT2D eigenvalue weighted by Gasteiger charge is 2.32. The highest BCUT2D eigenvalue weighted by atomic mass is 32.2. The number of nitrogens with one attached hydrogen (secondary N) is 1. The minimum absolute atomic E-state index is 0.214. The molecule has 168 valence electrons. The lowest BCUT2D eigenvalue weighted by Gasteiger charge is -2.31. The summed E-state index contributed by atoms with van der Waals surface area (Å²) in [6.07, 6.45) is 4.83. The van der Waals surface area contributed by atoms with Gasteiger partial charge in [-0.2, -0.15) is 0 Å². The van der Waals surface area contributed by atoms with E-state index in [9.17, 15) is 13.2 Å². The lowest BCUT2D eigenvalue weighted by atomic mass is 10.0. The summed E-state index contributed by atoms with van der Waals surface area (Å²) >= 11 is 0. The fourth-order valence-corrected chi connectivity index (χ4v) is 5.38. The molecule has 3 rings (SSSR count). The molecule has 1 N–H and O–H groups in total. The number of hydrogen-bond donors (Lipinski definition) is 1. The van der Waals surface area contributed by atoms with Crippen molar-refractivity contribution in [3.8, 4) is 5.75 Å². The number of hydrogen-bond acceptors (Lipinski definition) is 4. The first-order valence-electron chi connectivity index (χ1n) is 10.9. The number of benzene rings is 2. The van der Waals surface area contributed by atoms with Gasteiger partial charge in [0.2, 0.25) is 15.9 Å². The Bertz CT molecular complexity index is 1020. The number of aryl methyl sites for hydroxylation is 2. The summed E-state index contributed by atoms with van der Waals surface area (Å²) in [6.45, 7) is 6.16. The monoisotopic (exact) mass is 444 g/mol. The van der Waals surface area contributed by atoms with Gasteiger partial charge in [0.1, 0.15) is 11.8 Å². The molecule has 2 unspecified atom stereocenters. The topological polar surface area (TPSA) is 75.7 Å². The number of ether oxygens (including phenoxy) is 1. The minimum Gasteiger partial charge on any atom is -0.494 e. The molecule has 0 heterocycles. The predicted octanol–water partition coefficient (Wildman–Crippen LogP) is 4.00. The number of anilines is 1. The van der Waals surface area contributed by atoms with Crippen LogP contribution in [-0.4, -0.2) is 33.2 Å². The number of carbonyl (C=O) groups is 1. The van der Waals surface area contributed by atoms with Crippen molar-refractivity contribution in [2.45, 2.75) is 58.5 Å². The Labute approximate surface area is 185 Å². The van der Waals surface area contributed by atoms with Gasteiger partial charge in [-0.1, -0.05) is 25.1 Å². The Morgan fingerprint density at radius 1 is 1.10 bits per heavy atom. The van der Waals surface area contributed by atoms with Crippen LogP contribution in [-0.2, 0) is 27.7 Å². The number of nitrogens with zero attached hydrogens (tertiary/aromatic N) is 1. The molecule has 31 heavy (non-hydrogen) atoms. The van der Waals surface area contributed by atoms with E-state index < -0.39 is 16.1 Å². The number of fused-ring (bicyclic) bond motifs is 1. The first kappa shape index (κ1) is 23.1. The van der Waals surface area contributed by atoms with E-state index in [-0.39, 0.29) is 11.9 Å². The molecule has 1 amide bonds. The average molecular weight is 445 g/mol. The van der Waals surface area contributed by atoms with Gasteiger partial charge in [-0.25, -0.2) is 8.42 Å². The van der Waals surface area contributed by atoms with Gasteiger partial charge < -0.3 is 10.1 Å². The van der Waals surface area contributed by atoms with Crippen molar-refractivity contribution in [3.05, 3.63) is 59.2 Å². The second-order valence-electron chi connectivity index (χ2n) is 8.02. The van der Waals surface area contributed by atoms with Crippen molar-refractivity contribution in [1.82, 2.24) is 5.32 Å². The standard InChI is InChI=1S/C24H32N2O4S/c1-5-23(26(31(4,28)29)21-12-14-22(15-13-21)30-6-2)24(27)25-17(3)19-11-10-18-8-7-9-20(18)16-19/h10-17,23H,5-9H2,1-4H3,(H,25,27). The van der Waals surface area contributed by atoms with Crippen LogP contribution in [0.15, 0.2) is 42.5 Å². The molecule has 0 spiro atoms. The lowest BCUT2D eigenvalue weighted by Crippen LogP contribution is -2.49. The molecule has 0 fully saturated rings. The first-order chi connectivity index (χ1) is 14.7. The van der Waals surface area contributed by atoms with Gasteiger partial charge in [0.05, 0.1) is 24.6 Å². The maximum Gasteiger partial charge on any atom is 0.244 e. The first-order valence-corrected chi connectivity index (χ1v) is 12.7. The van der Waals surface area contributed by atoms with Gasteiger partial charge in [0, 0.05) is 0 Å². The molecule has 0 aliphatic heterocycles. The number of carbonyl (C=O) groups excluding carboxylic acids is 1. The van der Waals surface area contributed by atoms with E-state index in [0.717, 1.165) is 24.7 Å². The number of sulfonamides is 1. The van der Waals surface area contributed by atoms with Gasteiger partial charge in [-0.3, -0.25) is 9.10 Å². The molecular weight excluding hydrogens is 412 g/mol. The number of rotatable bonds is 9. The molecule has 1 aliphatic rings. The van der Waals surface area contributed by atoms with Crippen molar-refractivity contribution in [2.24, 2.45) is 0 Å². The quantitative estimate of drug-likeness (QED) is 0.634. The third kappa shape index (κ3) is 5.39. The molecule has 0 bridgehead atoms. The summed E-state index contributed by atoms with van der Waals surface area (Å²) in [6, 6.07) is 12.1. The zero-order valence-electron chi connectivity index (χ0n) is 18.7. The zero-order chi connectivity index (χ0) is 22.6. The second kappa shape index (κ2) is 9.73. The summed E-state index contributed by atoms with van der Waals surface area (Å²) in [5.41, 5.74) is 4.21. The molecule has 6 nitrogen and oxygen atoms in total. The number of amides is 1. The highest BCUT2D eigenvalue weighted by molar-refractivity contribution is 7.92. The lowest BCUT2D eigenvalue weighted by molar-refractivity contribution is -0.122. The Hall–Kier alpha value is -2.54. The fraction of sp³-hybridized carbons (Fsp3) is 0.458. The summed E-state index contributed by atoms with van der Waals surface area (Å²) in [4.78, 5) is 13.2. The molecular formula is C24H32N2O4S. The van der Waals surface area contributed by atoms with Crippen LogP contribution in [0.5, 0.6) is 5.75 Å². The van der Waals surface area contributed by atoms with Gasteiger partial charge in [-0.05, 0) is 80.5 Å². The Morgan fingerprint density at radius 3 is 2.39 bits per heavy atom. The van der Waals surface area contributed by atoms with Crippen LogP contribution < -0.4 is 14.4 Å². The van der Waals surface area contributed by atoms with Gasteiger partial charge in [-0.15, -0.1) is 0 Å². The van der Waals surface area contributed by atoms with Gasteiger partial charge >= 0.3 is 0 Å². The van der Waals surface area contributed by atoms with Crippen LogP contribution >= 0.6 is 0 Å². The molecule has 1 aliphatic carbocycles. The van der Waals surface area contributed by atoms with Crippen LogP contribution in [0.3, 0.4) is 0 Å². The van der Waals surface area contributed by atoms with E-state index in [0.29, 0.717) is 24.5 Å². The van der Waals surface area contributed by atoms with Crippen molar-refractivity contribution < 1.29 is 17.9 Å². The molecule has 2 aromatic rings. The second-order valence-corrected chi connectivity index (χ2v) is 9.88. The fourth-order valence-electron chi connectivity index (χ4n) is 4.17. The molecule has 0 aromatic heterocycles. The molecule has 2 aromatic carbocycles. The van der Waals surface area contributed by atoms with Gasteiger partial charge in [0.25, 0.3) is 0 Å². The largest absolute Gasteiger partial charge is 0.494 e. The maximum atomic E-state index is 13.2. The van der Waals surface area contributed by atoms with Crippen molar-refractivity contribution >= 4 is 21.6 Å². The summed E-state index contributed by atoms with van der Waals surface area (Å²) < 4.78 is 31.9. The van der Waals surface area contributed by atoms with Crippen LogP contribution in [0, 0.1) is 0 Å². The molecule has 0 saturated heterocycles. The molecule has 7 heteroatoms. The molecule has 0 radical (unpaired) electrons. The van der Waals surface area contributed by atoms with E-state index in [4.69, 9.17) is 4.74 Å². The smallest absolute Gasteiger partial charge is 0.244 e. The normalized spacial score (nSPS) is 15.1. The minimum atomic E-state index is -3.68. The SMILES string of the molecule is CCOc1ccc(N(C(CC)C(=O)NC(C)c2ccc3c(c2)CCC3)S(C)(=O)=O)cc1. The van der Waals surface area contributed by atoms with Crippen LogP contribution in [0.1, 0.15) is 56.3 Å². The summed E-state index contributed by atoms with van der Waals surface area (Å²) in [5, 5.41) is 3.02.